The third-order valence-electron chi connectivity index (χ3n) is 2.94. The molecule has 0 aliphatic rings. The zero-order chi connectivity index (χ0) is 18.2. The summed E-state index contributed by atoms with van der Waals surface area (Å²) in [6.45, 7) is 1.70. The molecular formula is C16H12N6O3. The van der Waals surface area contributed by atoms with Crippen molar-refractivity contribution in [3.05, 3.63) is 53.0 Å². The Bertz CT molecular complexity index is 902. The highest BCUT2D eigenvalue weighted by Crippen LogP contribution is 2.07. The number of hydrogen-bond acceptors (Lipinski definition) is 7. The van der Waals surface area contributed by atoms with E-state index in [1.54, 1.807) is 49.4 Å². The summed E-state index contributed by atoms with van der Waals surface area (Å²) in [6.07, 6.45) is 1.07. The van der Waals surface area contributed by atoms with Gasteiger partial charge in [-0.2, -0.15) is 10.5 Å². The number of ether oxygens (including phenoxy) is 1. The summed E-state index contributed by atoms with van der Waals surface area (Å²) in [7, 11) is 0. The molecule has 0 radical (unpaired) electrons. The van der Waals surface area contributed by atoms with Crippen molar-refractivity contribution in [2.24, 2.45) is 0 Å². The van der Waals surface area contributed by atoms with Crippen molar-refractivity contribution in [1.82, 2.24) is 20.3 Å². The number of benzene rings is 1. The molecule has 0 aliphatic carbocycles. The van der Waals surface area contributed by atoms with E-state index in [1.807, 2.05) is 0 Å². The third kappa shape index (κ3) is 4.06. The average molecular weight is 336 g/mol. The van der Waals surface area contributed by atoms with Crippen LogP contribution in [0.2, 0.25) is 0 Å². The molecule has 2 rings (SSSR count). The fourth-order valence-electron chi connectivity index (χ4n) is 1.81. The van der Waals surface area contributed by atoms with E-state index in [0.29, 0.717) is 5.56 Å². The number of carbonyl (C=O) groups excluding carboxylic acids is 2. The molecule has 0 bridgehead atoms. The van der Waals surface area contributed by atoms with Gasteiger partial charge >= 0.3 is 5.97 Å². The van der Waals surface area contributed by atoms with Gasteiger partial charge in [-0.3, -0.25) is 4.79 Å². The van der Waals surface area contributed by atoms with Gasteiger partial charge in [-0.1, -0.05) is 23.4 Å². The highest BCUT2D eigenvalue weighted by Gasteiger charge is 2.18. The second-order valence-electron chi connectivity index (χ2n) is 4.54. The molecule has 2 aromatic rings. The predicted molar refractivity (Wildman–Crippen MR) is 84.3 cm³/mol. The maximum Gasteiger partial charge on any atom is 0.356 e. The molecule has 0 atom stereocenters. The fraction of sp³-hybridized carbons (Fsp3) is 0.125. The quantitative estimate of drug-likeness (QED) is 0.630. The van der Waals surface area contributed by atoms with E-state index in [0.717, 1.165) is 10.9 Å². The Morgan fingerprint density at radius 3 is 2.60 bits per heavy atom. The van der Waals surface area contributed by atoms with E-state index >= 15 is 0 Å². The Hall–Kier alpha value is -3.98. The third-order valence-corrected chi connectivity index (χ3v) is 2.94. The molecule has 0 saturated heterocycles. The molecule has 0 fully saturated rings. The van der Waals surface area contributed by atoms with Gasteiger partial charge < -0.3 is 10.1 Å². The molecule has 25 heavy (non-hydrogen) atoms. The van der Waals surface area contributed by atoms with Crippen molar-refractivity contribution < 1.29 is 14.3 Å². The first kappa shape index (κ1) is 17.4. The highest BCUT2D eigenvalue weighted by molar-refractivity contribution is 6.02. The van der Waals surface area contributed by atoms with Crippen LogP contribution in [0.3, 0.4) is 0 Å². The summed E-state index contributed by atoms with van der Waals surface area (Å²) in [4.78, 5) is 24.3. The molecule has 9 nitrogen and oxygen atoms in total. The number of carbonyl (C=O) groups is 2. The number of amides is 1. The van der Waals surface area contributed by atoms with Crippen molar-refractivity contribution >= 4 is 18.1 Å². The Balaban J connectivity index is 2.39. The first-order valence-corrected chi connectivity index (χ1v) is 7.11. The number of esters is 1. The molecule has 1 N–H and O–H groups in total. The van der Waals surface area contributed by atoms with E-state index in [9.17, 15) is 9.59 Å². The minimum Gasteiger partial charge on any atom is -0.461 e. The minimum atomic E-state index is -0.815. The van der Waals surface area contributed by atoms with Gasteiger partial charge in [0.1, 0.15) is 17.8 Å². The predicted octanol–water partition coefficient (Wildman–Crippen LogP) is 0.813. The first-order valence-electron chi connectivity index (χ1n) is 7.11. The number of hydrogen-bond donors (Lipinski definition) is 1. The molecule has 0 spiro atoms. The Kier molecular flexibility index (Phi) is 5.59. The topological polar surface area (TPSA) is 134 Å². The lowest BCUT2D eigenvalue weighted by Gasteiger charge is -2.09. The lowest BCUT2D eigenvalue weighted by Crippen LogP contribution is -2.29. The van der Waals surface area contributed by atoms with Gasteiger partial charge in [0.15, 0.2) is 5.69 Å². The van der Waals surface area contributed by atoms with E-state index in [1.165, 1.54) is 0 Å². The van der Waals surface area contributed by atoms with Gasteiger partial charge in [-0.05, 0) is 19.1 Å². The Labute approximate surface area is 142 Å². The Morgan fingerprint density at radius 2 is 2.00 bits per heavy atom. The summed E-state index contributed by atoms with van der Waals surface area (Å²) >= 11 is 0. The number of nitrogens with zero attached hydrogens (tertiary/aromatic N) is 5. The number of rotatable bonds is 5. The standard InChI is InChI=1S/C16H12N6O3/c1-2-25-16(24)13(19-15(23)11-6-4-3-5-7-11)10-22-14(9-18)12(8-17)20-21-22/h3-7,10H,2H2,1H3,(H,19,23)/b13-10-. The van der Waals surface area contributed by atoms with Crippen molar-refractivity contribution in [2.45, 2.75) is 6.92 Å². The number of nitriles is 2. The molecule has 0 aliphatic heterocycles. The fourth-order valence-corrected chi connectivity index (χ4v) is 1.81. The van der Waals surface area contributed by atoms with Gasteiger partial charge in [-0.25, -0.2) is 9.48 Å². The largest absolute Gasteiger partial charge is 0.461 e. The summed E-state index contributed by atoms with van der Waals surface area (Å²) < 4.78 is 5.81. The summed E-state index contributed by atoms with van der Waals surface area (Å²) in [5.74, 6) is -1.36. The Morgan fingerprint density at radius 1 is 1.28 bits per heavy atom. The summed E-state index contributed by atoms with van der Waals surface area (Å²) in [6, 6.07) is 11.7. The van der Waals surface area contributed by atoms with Crippen LogP contribution < -0.4 is 5.32 Å². The van der Waals surface area contributed by atoms with Crippen molar-refractivity contribution in [2.75, 3.05) is 6.61 Å². The molecule has 1 aromatic carbocycles. The van der Waals surface area contributed by atoms with Crippen molar-refractivity contribution in [1.29, 1.82) is 10.5 Å². The zero-order valence-corrected chi connectivity index (χ0v) is 13.1. The maximum absolute atomic E-state index is 12.2. The van der Waals surface area contributed by atoms with Crippen molar-refractivity contribution in [3.8, 4) is 12.1 Å². The second kappa shape index (κ2) is 8.04. The van der Waals surface area contributed by atoms with Crippen LogP contribution in [0.1, 0.15) is 28.7 Å². The van der Waals surface area contributed by atoms with Crippen LogP contribution in [-0.4, -0.2) is 33.5 Å². The maximum atomic E-state index is 12.2. The molecule has 124 valence electrons. The highest BCUT2D eigenvalue weighted by atomic mass is 16.5. The van der Waals surface area contributed by atoms with Crippen LogP contribution in [0.4, 0.5) is 0 Å². The zero-order valence-electron chi connectivity index (χ0n) is 13.1. The van der Waals surface area contributed by atoms with Gasteiger partial charge in [-0.15, -0.1) is 5.10 Å². The summed E-state index contributed by atoms with van der Waals surface area (Å²) in [5.41, 5.74) is -0.286. The van der Waals surface area contributed by atoms with Crippen LogP contribution in [-0.2, 0) is 9.53 Å². The summed E-state index contributed by atoms with van der Waals surface area (Å²) in [5, 5.41) is 27.5. The van der Waals surface area contributed by atoms with Crippen LogP contribution in [0.25, 0.3) is 6.20 Å². The average Bonchev–Trinajstić information content (AvgIpc) is 3.03. The smallest absolute Gasteiger partial charge is 0.356 e. The molecule has 0 unspecified atom stereocenters. The van der Waals surface area contributed by atoms with Gasteiger partial charge in [0.05, 0.1) is 12.8 Å². The van der Waals surface area contributed by atoms with Crippen molar-refractivity contribution in [3.63, 3.8) is 0 Å². The molecule has 9 heteroatoms. The van der Waals surface area contributed by atoms with Gasteiger partial charge in [0.2, 0.25) is 5.69 Å². The second-order valence-corrected chi connectivity index (χ2v) is 4.54. The van der Waals surface area contributed by atoms with E-state index in [-0.39, 0.29) is 23.7 Å². The molecule has 1 amide bonds. The SMILES string of the molecule is CCOC(=O)/C(=C/n1nnc(C#N)c1C#N)NC(=O)c1ccccc1. The van der Waals surface area contributed by atoms with E-state index < -0.39 is 11.9 Å². The molecular weight excluding hydrogens is 324 g/mol. The monoisotopic (exact) mass is 336 g/mol. The van der Waals surface area contributed by atoms with Crippen LogP contribution in [0.5, 0.6) is 0 Å². The van der Waals surface area contributed by atoms with Crippen LogP contribution in [0, 0.1) is 22.7 Å². The molecule has 1 aromatic heterocycles. The number of aromatic nitrogens is 3. The van der Waals surface area contributed by atoms with Crippen LogP contribution in [0.15, 0.2) is 36.0 Å². The van der Waals surface area contributed by atoms with Gasteiger partial charge in [0, 0.05) is 5.56 Å². The first-order chi connectivity index (χ1) is 12.1. The van der Waals surface area contributed by atoms with Gasteiger partial charge in [0.25, 0.3) is 5.91 Å². The van der Waals surface area contributed by atoms with E-state index in [4.69, 9.17) is 15.3 Å². The molecule has 1 heterocycles. The lowest BCUT2D eigenvalue weighted by molar-refractivity contribution is -0.138. The lowest BCUT2D eigenvalue weighted by atomic mass is 10.2. The van der Waals surface area contributed by atoms with Crippen LogP contribution >= 0.6 is 0 Å². The van der Waals surface area contributed by atoms with E-state index in [2.05, 4.69) is 15.6 Å². The normalized spacial score (nSPS) is 10.4. The minimum absolute atomic E-state index is 0.0866. The molecule has 0 saturated carbocycles. The number of nitrogens with one attached hydrogen (secondary N) is 1.